The number of hydrogen-bond acceptors (Lipinski definition) is 7. The van der Waals surface area contributed by atoms with Crippen molar-refractivity contribution in [2.45, 2.75) is 18.4 Å². The quantitative estimate of drug-likeness (QED) is 0.681. The van der Waals surface area contributed by atoms with E-state index in [0.717, 1.165) is 8.98 Å². The minimum atomic E-state index is -3.94. The van der Waals surface area contributed by atoms with Gasteiger partial charge >= 0.3 is 0 Å². The van der Waals surface area contributed by atoms with E-state index in [4.69, 9.17) is 0 Å². The number of nitrogens with zero attached hydrogens (tertiary/aromatic N) is 3. The third-order valence-electron chi connectivity index (χ3n) is 3.94. The molecule has 1 aliphatic heterocycles. The second kappa shape index (κ2) is 6.28. The molecule has 2 amide bonds. The van der Waals surface area contributed by atoms with Crippen molar-refractivity contribution < 1.29 is 18.0 Å². The lowest BCUT2D eigenvalue weighted by Crippen LogP contribution is -2.23. The molecule has 9 nitrogen and oxygen atoms in total. The standard InChI is InChI=1S/C16H13N5O4S2/c1-9-19-20-14(26-9)8-17-15(22)10-4-5-13-11(7-10)18-16(23)12-3-2-6-21(12)27(13,24)25/h2-7H,8H2,1H3,(H,17,22)(H,18,23). The van der Waals surface area contributed by atoms with E-state index < -0.39 is 21.8 Å². The largest absolute Gasteiger partial charge is 0.345 e. The average Bonchev–Trinajstić information content (AvgIpc) is 3.27. The molecule has 2 aromatic heterocycles. The maximum Gasteiger partial charge on any atom is 0.273 e. The summed E-state index contributed by atoms with van der Waals surface area (Å²) in [6.07, 6.45) is 1.31. The zero-order valence-corrected chi connectivity index (χ0v) is 15.6. The highest BCUT2D eigenvalue weighted by Crippen LogP contribution is 2.29. The lowest BCUT2D eigenvalue weighted by molar-refractivity contribution is 0.0949. The van der Waals surface area contributed by atoms with Crippen LogP contribution in [0.15, 0.2) is 41.4 Å². The fourth-order valence-electron chi connectivity index (χ4n) is 2.70. The summed E-state index contributed by atoms with van der Waals surface area (Å²) in [5.41, 5.74) is 0.281. The summed E-state index contributed by atoms with van der Waals surface area (Å²) in [4.78, 5) is 24.6. The van der Waals surface area contributed by atoms with Gasteiger partial charge in [-0.25, -0.2) is 12.4 Å². The van der Waals surface area contributed by atoms with Gasteiger partial charge in [0.05, 0.1) is 12.2 Å². The number of nitrogens with one attached hydrogen (secondary N) is 2. The number of anilines is 1. The number of amides is 2. The lowest BCUT2D eigenvalue weighted by atomic mass is 10.2. The molecule has 2 N–H and O–H groups in total. The van der Waals surface area contributed by atoms with Crippen LogP contribution in [0.1, 0.15) is 30.9 Å². The van der Waals surface area contributed by atoms with Crippen molar-refractivity contribution in [3.05, 3.63) is 57.8 Å². The number of fused-ring (bicyclic) bond motifs is 2. The normalized spacial score (nSPS) is 14.6. The summed E-state index contributed by atoms with van der Waals surface area (Å²) < 4.78 is 26.5. The number of carbonyl (C=O) groups is 2. The molecule has 11 heteroatoms. The Balaban J connectivity index is 1.64. The minimum absolute atomic E-state index is 0.00356. The van der Waals surface area contributed by atoms with Crippen LogP contribution in [0.3, 0.4) is 0 Å². The third-order valence-corrected chi connectivity index (χ3v) is 6.53. The number of carbonyl (C=O) groups excluding carboxylic acids is 2. The molecule has 0 unspecified atom stereocenters. The van der Waals surface area contributed by atoms with Crippen molar-refractivity contribution in [3.63, 3.8) is 0 Å². The lowest BCUT2D eigenvalue weighted by Gasteiger charge is -2.10. The van der Waals surface area contributed by atoms with Gasteiger partial charge in [-0.2, -0.15) is 0 Å². The van der Waals surface area contributed by atoms with Gasteiger partial charge in [-0.05, 0) is 37.3 Å². The summed E-state index contributed by atoms with van der Waals surface area (Å²) in [6.45, 7) is 2.02. The summed E-state index contributed by atoms with van der Waals surface area (Å²) in [7, 11) is -3.94. The van der Waals surface area contributed by atoms with Gasteiger partial charge in [0.1, 0.15) is 20.6 Å². The highest BCUT2D eigenvalue weighted by Gasteiger charge is 2.30. The fraction of sp³-hybridized carbons (Fsp3) is 0.125. The first kappa shape index (κ1) is 17.4. The zero-order chi connectivity index (χ0) is 19.2. The average molecular weight is 403 g/mol. The molecule has 0 aliphatic carbocycles. The molecule has 0 saturated carbocycles. The molecular formula is C16H13N5O4S2. The third kappa shape index (κ3) is 3.00. The molecule has 0 saturated heterocycles. The van der Waals surface area contributed by atoms with Crippen LogP contribution in [0.5, 0.6) is 0 Å². The van der Waals surface area contributed by atoms with Gasteiger partial charge in [0.2, 0.25) is 0 Å². The van der Waals surface area contributed by atoms with Crippen LogP contribution in [0.2, 0.25) is 0 Å². The van der Waals surface area contributed by atoms with Gasteiger partial charge in [-0.1, -0.05) is 11.3 Å². The fourth-order valence-corrected chi connectivity index (χ4v) is 4.83. The molecule has 4 rings (SSSR count). The highest BCUT2D eigenvalue weighted by molar-refractivity contribution is 7.90. The van der Waals surface area contributed by atoms with E-state index in [1.54, 1.807) is 0 Å². The van der Waals surface area contributed by atoms with E-state index in [9.17, 15) is 18.0 Å². The summed E-state index contributed by atoms with van der Waals surface area (Å²) >= 11 is 1.37. The summed E-state index contributed by atoms with van der Waals surface area (Å²) in [5.74, 6) is -0.981. The molecule has 0 fully saturated rings. The van der Waals surface area contributed by atoms with Gasteiger partial charge in [-0.15, -0.1) is 10.2 Å². The first-order valence-corrected chi connectivity index (χ1v) is 10.1. The molecule has 0 atom stereocenters. The van der Waals surface area contributed by atoms with Crippen molar-refractivity contribution in [1.29, 1.82) is 0 Å². The highest BCUT2D eigenvalue weighted by atomic mass is 32.2. The Morgan fingerprint density at radius 3 is 2.85 bits per heavy atom. The molecule has 0 spiro atoms. The van der Waals surface area contributed by atoms with E-state index >= 15 is 0 Å². The molecule has 1 aromatic carbocycles. The first-order chi connectivity index (χ1) is 12.9. The minimum Gasteiger partial charge on any atom is -0.345 e. The smallest absolute Gasteiger partial charge is 0.273 e. The molecule has 3 aromatic rings. The van der Waals surface area contributed by atoms with E-state index in [-0.39, 0.29) is 28.4 Å². The Labute approximate surface area is 158 Å². The molecule has 1 aliphatic rings. The SMILES string of the molecule is Cc1nnc(CNC(=O)c2ccc3c(c2)NC(=O)c2cccn2S3(=O)=O)s1. The molecule has 0 bridgehead atoms. The van der Waals surface area contributed by atoms with Gasteiger partial charge in [0.25, 0.3) is 21.8 Å². The number of rotatable bonds is 3. The van der Waals surface area contributed by atoms with Crippen molar-refractivity contribution in [3.8, 4) is 0 Å². The topological polar surface area (TPSA) is 123 Å². The van der Waals surface area contributed by atoms with E-state index in [2.05, 4.69) is 20.8 Å². The number of benzene rings is 1. The monoisotopic (exact) mass is 403 g/mol. The molecule has 138 valence electrons. The van der Waals surface area contributed by atoms with E-state index in [1.807, 2.05) is 6.92 Å². The predicted molar refractivity (Wildman–Crippen MR) is 97.2 cm³/mol. The van der Waals surface area contributed by atoms with Crippen LogP contribution in [-0.4, -0.2) is 34.4 Å². The first-order valence-electron chi connectivity index (χ1n) is 7.82. The molecular weight excluding hydrogens is 390 g/mol. The Bertz CT molecular complexity index is 1180. The molecule has 0 radical (unpaired) electrons. The Hall–Kier alpha value is -3.05. The van der Waals surface area contributed by atoms with Gasteiger partial charge in [-0.3, -0.25) is 9.59 Å². The number of aryl methyl sites for hydroxylation is 1. The molecule has 3 heterocycles. The maximum atomic E-state index is 12.8. The Morgan fingerprint density at radius 1 is 1.30 bits per heavy atom. The maximum absolute atomic E-state index is 12.8. The number of hydrogen-bond donors (Lipinski definition) is 2. The number of aromatic nitrogens is 3. The van der Waals surface area contributed by atoms with E-state index in [1.165, 1.54) is 47.9 Å². The van der Waals surface area contributed by atoms with Crippen molar-refractivity contribution in [2.75, 3.05) is 5.32 Å². The van der Waals surface area contributed by atoms with Crippen molar-refractivity contribution >= 4 is 38.9 Å². The van der Waals surface area contributed by atoms with Crippen LogP contribution in [-0.2, 0) is 16.6 Å². The van der Waals surface area contributed by atoms with Gasteiger partial charge in [0, 0.05) is 11.8 Å². The van der Waals surface area contributed by atoms with Crippen molar-refractivity contribution in [1.82, 2.24) is 19.5 Å². The Kier molecular flexibility index (Phi) is 4.04. The molecule has 27 heavy (non-hydrogen) atoms. The second-order valence-corrected chi connectivity index (χ2v) is 8.81. The van der Waals surface area contributed by atoms with Crippen LogP contribution in [0.25, 0.3) is 0 Å². The van der Waals surface area contributed by atoms with Gasteiger partial charge < -0.3 is 10.6 Å². The Morgan fingerprint density at radius 2 is 2.11 bits per heavy atom. The summed E-state index contributed by atoms with van der Waals surface area (Å²) in [5, 5.41) is 14.5. The summed E-state index contributed by atoms with van der Waals surface area (Å²) in [6, 6.07) is 6.95. The second-order valence-electron chi connectivity index (χ2n) is 5.76. The zero-order valence-electron chi connectivity index (χ0n) is 14.0. The van der Waals surface area contributed by atoms with Crippen molar-refractivity contribution in [2.24, 2.45) is 0 Å². The van der Waals surface area contributed by atoms with Crippen LogP contribution in [0, 0.1) is 6.92 Å². The van der Waals surface area contributed by atoms with Crippen LogP contribution >= 0.6 is 11.3 Å². The van der Waals surface area contributed by atoms with Crippen LogP contribution in [0.4, 0.5) is 5.69 Å². The van der Waals surface area contributed by atoms with Crippen LogP contribution < -0.4 is 10.6 Å². The van der Waals surface area contributed by atoms with Gasteiger partial charge in [0.15, 0.2) is 0 Å². The van der Waals surface area contributed by atoms with E-state index in [0.29, 0.717) is 5.01 Å². The predicted octanol–water partition coefficient (Wildman–Crippen LogP) is 1.38.